The number of ether oxygens (including phenoxy) is 1. The third-order valence-corrected chi connectivity index (χ3v) is 6.50. The molecule has 2 aromatic heterocycles. The number of para-hydroxylation sites is 1. The van der Waals surface area contributed by atoms with E-state index in [0.717, 1.165) is 54.5 Å². The molecule has 5 rings (SSSR count). The summed E-state index contributed by atoms with van der Waals surface area (Å²) in [6.07, 6.45) is 4.74. The zero-order valence-electron chi connectivity index (χ0n) is 20.0. The van der Waals surface area contributed by atoms with Crippen LogP contribution in [0.4, 0.5) is 0 Å². The summed E-state index contributed by atoms with van der Waals surface area (Å²) < 4.78 is 5.43. The fourth-order valence-electron chi connectivity index (χ4n) is 4.82. The lowest BCUT2D eigenvalue weighted by molar-refractivity contribution is 0.0938. The third-order valence-electron chi connectivity index (χ3n) is 6.50. The molecule has 1 saturated heterocycles. The van der Waals surface area contributed by atoms with Crippen molar-refractivity contribution in [3.05, 3.63) is 54.2 Å². The average molecular weight is 463 g/mol. The van der Waals surface area contributed by atoms with E-state index in [1.807, 2.05) is 56.3 Å². The van der Waals surface area contributed by atoms with Gasteiger partial charge in [0, 0.05) is 35.9 Å². The van der Waals surface area contributed by atoms with E-state index in [2.05, 4.69) is 15.6 Å². The molecule has 1 aromatic carbocycles. The number of pyridine rings is 2. The largest absolute Gasteiger partial charge is 0.478 e. The Kier molecular flexibility index (Phi) is 8.08. The van der Waals surface area contributed by atoms with E-state index in [9.17, 15) is 4.79 Å². The van der Waals surface area contributed by atoms with Crippen LogP contribution in [-0.2, 0) is 0 Å². The van der Waals surface area contributed by atoms with Crippen molar-refractivity contribution >= 4 is 16.8 Å². The molecule has 1 aliphatic heterocycles. The van der Waals surface area contributed by atoms with E-state index >= 15 is 0 Å². The number of carbonyl (C=O) groups excluding carboxylic acids is 1. The van der Waals surface area contributed by atoms with Crippen LogP contribution in [0.25, 0.3) is 22.2 Å². The van der Waals surface area contributed by atoms with Crippen molar-refractivity contribution in [1.82, 2.24) is 20.6 Å². The summed E-state index contributed by atoms with van der Waals surface area (Å²) in [4.78, 5) is 22.4. The van der Waals surface area contributed by atoms with Crippen LogP contribution >= 0.6 is 0 Å². The fraction of sp³-hybridized carbons (Fsp3) is 0.444. The van der Waals surface area contributed by atoms with Gasteiger partial charge in [0.05, 0.1) is 23.4 Å². The molecule has 3 N–H and O–H groups in total. The minimum Gasteiger partial charge on any atom is -0.478 e. The molecule has 2 aliphatic rings. The summed E-state index contributed by atoms with van der Waals surface area (Å²) in [7, 11) is 0. The lowest BCUT2D eigenvalue weighted by Crippen LogP contribution is -2.34. The van der Waals surface area contributed by atoms with Gasteiger partial charge in [-0.05, 0) is 69.3 Å². The molecule has 0 bridgehead atoms. The molecule has 1 amide bonds. The predicted molar refractivity (Wildman–Crippen MR) is 134 cm³/mol. The quantitative estimate of drug-likeness (QED) is 0.516. The number of nitrogens with zero attached hydrogens (tertiary/aromatic N) is 2. The number of hydrogen-bond acceptors (Lipinski definition) is 6. The Morgan fingerprint density at radius 2 is 1.88 bits per heavy atom. The molecule has 7 nitrogen and oxygen atoms in total. The second-order valence-electron chi connectivity index (χ2n) is 8.93. The molecule has 7 heteroatoms. The van der Waals surface area contributed by atoms with Crippen molar-refractivity contribution in [2.75, 3.05) is 26.3 Å². The molecule has 1 saturated carbocycles. The standard InChI is InChI=1S/C24H26N4O2.C3H8O/c1-2-30-23-8-7-15(14-26-23)22-11-20(19-5-3-4-6-21(19)28-22)24(29)27-18-9-16-12-25-13-17(16)10-18;1-2-3-4/h3-8,11,14,16-18,25H,2,9-10,12-13H2,1H3,(H,27,29);4H,2-3H2,1H3/t16-,17+,18?;. The number of carbonyl (C=O) groups is 1. The van der Waals surface area contributed by atoms with Gasteiger partial charge in [-0.2, -0.15) is 0 Å². The molecular formula is C27H34N4O3. The molecule has 0 spiro atoms. The fourth-order valence-corrected chi connectivity index (χ4v) is 4.82. The minimum absolute atomic E-state index is 0.0216. The monoisotopic (exact) mass is 462 g/mol. The van der Waals surface area contributed by atoms with Gasteiger partial charge in [0.25, 0.3) is 5.91 Å². The van der Waals surface area contributed by atoms with Crippen LogP contribution in [0.1, 0.15) is 43.5 Å². The average Bonchev–Trinajstić information content (AvgIpc) is 3.46. The van der Waals surface area contributed by atoms with Crippen molar-refractivity contribution in [2.45, 2.75) is 39.2 Å². The molecule has 3 aromatic rings. The summed E-state index contributed by atoms with van der Waals surface area (Å²) in [6.45, 7) is 6.90. The highest BCUT2D eigenvalue weighted by atomic mass is 16.5. The summed E-state index contributed by atoms with van der Waals surface area (Å²) >= 11 is 0. The number of nitrogens with one attached hydrogen (secondary N) is 2. The van der Waals surface area contributed by atoms with Crippen LogP contribution in [0.15, 0.2) is 48.7 Å². The van der Waals surface area contributed by atoms with E-state index in [4.69, 9.17) is 14.8 Å². The summed E-state index contributed by atoms with van der Waals surface area (Å²) in [5.74, 6) is 1.94. The molecule has 180 valence electrons. The maximum Gasteiger partial charge on any atom is 0.252 e. The first-order valence-electron chi connectivity index (χ1n) is 12.2. The number of aromatic nitrogens is 2. The van der Waals surface area contributed by atoms with Gasteiger partial charge in [0.15, 0.2) is 0 Å². The van der Waals surface area contributed by atoms with Crippen LogP contribution in [0, 0.1) is 11.8 Å². The van der Waals surface area contributed by atoms with E-state index in [-0.39, 0.29) is 11.9 Å². The van der Waals surface area contributed by atoms with Crippen LogP contribution in [0.3, 0.4) is 0 Å². The Labute approximate surface area is 201 Å². The second kappa shape index (κ2) is 11.4. The first kappa shape index (κ1) is 24.1. The van der Waals surface area contributed by atoms with Crippen LogP contribution in [0.2, 0.25) is 0 Å². The summed E-state index contributed by atoms with van der Waals surface area (Å²) in [5, 5.41) is 15.5. The zero-order valence-corrected chi connectivity index (χ0v) is 20.0. The topological polar surface area (TPSA) is 96.4 Å². The van der Waals surface area contributed by atoms with Crippen molar-refractivity contribution in [1.29, 1.82) is 0 Å². The Morgan fingerprint density at radius 3 is 2.53 bits per heavy atom. The lowest BCUT2D eigenvalue weighted by Gasteiger charge is -2.16. The van der Waals surface area contributed by atoms with Gasteiger partial charge in [-0.1, -0.05) is 25.1 Å². The highest BCUT2D eigenvalue weighted by molar-refractivity contribution is 6.07. The van der Waals surface area contributed by atoms with Gasteiger partial charge in [0.2, 0.25) is 5.88 Å². The van der Waals surface area contributed by atoms with Crippen molar-refractivity contribution in [2.24, 2.45) is 11.8 Å². The Hall–Kier alpha value is -3.03. The van der Waals surface area contributed by atoms with Crippen molar-refractivity contribution in [3.8, 4) is 17.1 Å². The van der Waals surface area contributed by atoms with Crippen LogP contribution in [0.5, 0.6) is 5.88 Å². The number of aliphatic hydroxyl groups excluding tert-OH is 1. The normalized spacial score (nSPS) is 21.0. The maximum absolute atomic E-state index is 13.3. The molecular weight excluding hydrogens is 428 g/mol. The molecule has 2 fully saturated rings. The van der Waals surface area contributed by atoms with Gasteiger partial charge in [-0.15, -0.1) is 0 Å². The Bertz CT molecular complexity index is 1090. The van der Waals surface area contributed by atoms with Crippen LogP contribution < -0.4 is 15.4 Å². The summed E-state index contributed by atoms with van der Waals surface area (Å²) in [6, 6.07) is 13.7. The second-order valence-corrected chi connectivity index (χ2v) is 8.93. The zero-order chi connectivity index (χ0) is 23.9. The predicted octanol–water partition coefficient (Wildman–Crippen LogP) is 3.81. The molecule has 0 radical (unpaired) electrons. The Balaban J connectivity index is 0.000000636. The van der Waals surface area contributed by atoms with E-state index in [1.54, 1.807) is 6.20 Å². The highest BCUT2D eigenvalue weighted by Gasteiger charge is 2.38. The SMILES string of the molecule is CCCO.CCOc1ccc(-c2cc(C(=O)NC3C[C@H]4CNC[C@H]4C3)c3ccccc3n2)cn1. The van der Waals surface area contributed by atoms with Gasteiger partial charge in [-0.25, -0.2) is 9.97 Å². The van der Waals surface area contributed by atoms with Crippen molar-refractivity contribution in [3.63, 3.8) is 0 Å². The number of fused-ring (bicyclic) bond motifs is 2. The summed E-state index contributed by atoms with van der Waals surface area (Å²) in [5.41, 5.74) is 3.07. The molecule has 34 heavy (non-hydrogen) atoms. The van der Waals surface area contributed by atoms with Gasteiger partial charge in [0.1, 0.15) is 0 Å². The highest BCUT2D eigenvalue weighted by Crippen LogP contribution is 2.35. The smallest absolute Gasteiger partial charge is 0.252 e. The molecule has 3 atom stereocenters. The number of rotatable bonds is 6. The Morgan fingerprint density at radius 1 is 1.15 bits per heavy atom. The van der Waals surface area contributed by atoms with E-state index < -0.39 is 0 Å². The first-order chi connectivity index (χ1) is 16.6. The number of benzene rings is 1. The number of aliphatic hydroxyl groups is 1. The molecule has 1 unspecified atom stereocenters. The first-order valence-corrected chi connectivity index (χ1v) is 12.2. The number of amides is 1. The van der Waals surface area contributed by atoms with Crippen molar-refractivity contribution < 1.29 is 14.6 Å². The molecule has 3 heterocycles. The molecule has 1 aliphatic carbocycles. The maximum atomic E-state index is 13.3. The van der Waals surface area contributed by atoms with E-state index in [1.165, 1.54) is 0 Å². The minimum atomic E-state index is -0.0216. The van der Waals surface area contributed by atoms with Gasteiger partial charge >= 0.3 is 0 Å². The third kappa shape index (κ3) is 5.54. The van der Waals surface area contributed by atoms with Gasteiger partial charge in [-0.3, -0.25) is 4.79 Å². The number of hydrogen-bond donors (Lipinski definition) is 3. The lowest BCUT2D eigenvalue weighted by atomic mass is 10.0. The van der Waals surface area contributed by atoms with E-state index in [0.29, 0.717) is 36.5 Å². The van der Waals surface area contributed by atoms with Gasteiger partial charge < -0.3 is 20.5 Å². The van der Waals surface area contributed by atoms with Crippen LogP contribution in [-0.4, -0.2) is 53.3 Å².